The third-order valence-electron chi connectivity index (χ3n) is 3.97. The molecule has 28 heavy (non-hydrogen) atoms. The molecule has 1 fully saturated rings. The molecule has 3 heterocycles. The summed E-state index contributed by atoms with van der Waals surface area (Å²) in [7, 11) is -5.14. The highest BCUT2D eigenvalue weighted by atomic mass is 31.2. The molecule has 2 aromatic rings. The van der Waals surface area contributed by atoms with Crippen molar-refractivity contribution in [2.75, 3.05) is 12.3 Å². The molecule has 0 amide bonds. The topological polar surface area (TPSA) is 223 Å². The molecule has 0 spiro atoms. The summed E-state index contributed by atoms with van der Waals surface area (Å²) < 4.78 is 35.7. The Bertz CT molecular complexity index is 951. The second kappa shape index (κ2) is 7.29. The molecular weight excluding hydrogens is 408 g/mol. The molecule has 1 aliphatic rings. The largest absolute Gasteiger partial charge is 0.479 e. The fourth-order valence-corrected chi connectivity index (χ4v) is 3.26. The fourth-order valence-electron chi connectivity index (χ4n) is 2.69. The summed E-state index contributed by atoms with van der Waals surface area (Å²) in [5.74, 6) is -4.66. The standard InChI is InChI=1S/C12H15FN5O9P/c13-12-16-7(14)4-8(17-12)18(2-15-4)9-6(20)5(19)3(27-9)1-26-11(10(21)22)28(23,24)25/h2-3,5-6,9,11,19-20H,1H2,(H,21,22)(H2,14,16,17)(H2,23,24,25). The van der Waals surface area contributed by atoms with E-state index in [9.17, 15) is 24.0 Å². The molecule has 2 aromatic heterocycles. The van der Waals surface area contributed by atoms with Gasteiger partial charge in [0.1, 0.15) is 18.3 Å². The summed E-state index contributed by atoms with van der Waals surface area (Å²) in [4.78, 5) is 39.6. The minimum absolute atomic E-state index is 0.0128. The van der Waals surface area contributed by atoms with Crippen molar-refractivity contribution in [2.24, 2.45) is 0 Å². The number of halogens is 1. The lowest BCUT2D eigenvalue weighted by molar-refractivity contribution is -0.149. The van der Waals surface area contributed by atoms with Crippen LogP contribution >= 0.6 is 7.60 Å². The van der Waals surface area contributed by atoms with E-state index in [0.717, 1.165) is 10.9 Å². The number of aliphatic hydroxyl groups excluding tert-OH is 2. The summed E-state index contributed by atoms with van der Waals surface area (Å²) >= 11 is 0. The van der Waals surface area contributed by atoms with Crippen LogP contribution < -0.4 is 5.73 Å². The Morgan fingerprint density at radius 2 is 2.07 bits per heavy atom. The van der Waals surface area contributed by atoms with Crippen molar-refractivity contribution in [1.29, 1.82) is 0 Å². The SMILES string of the molecule is Nc1nc(F)nc2c1ncn2C1OC(COC(C(=O)O)P(=O)(O)O)C(O)C1O. The van der Waals surface area contributed by atoms with Gasteiger partial charge in [-0.15, -0.1) is 0 Å². The first-order valence-corrected chi connectivity index (χ1v) is 9.25. The van der Waals surface area contributed by atoms with E-state index in [1.807, 2.05) is 0 Å². The highest BCUT2D eigenvalue weighted by Crippen LogP contribution is 2.42. The first-order chi connectivity index (χ1) is 13.0. The zero-order valence-corrected chi connectivity index (χ0v) is 14.6. The van der Waals surface area contributed by atoms with Gasteiger partial charge < -0.3 is 40.3 Å². The lowest BCUT2D eigenvalue weighted by Crippen LogP contribution is -2.36. The molecule has 14 nitrogen and oxygen atoms in total. The lowest BCUT2D eigenvalue weighted by atomic mass is 10.1. The van der Waals surface area contributed by atoms with Crippen LogP contribution in [0.25, 0.3) is 11.2 Å². The average Bonchev–Trinajstić information content (AvgIpc) is 3.09. The van der Waals surface area contributed by atoms with Crippen molar-refractivity contribution in [3.63, 3.8) is 0 Å². The third kappa shape index (κ3) is 3.68. The van der Waals surface area contributed by atoms with Gasteiger partial charge in [0.15, 0.2) is 23.2 Å². The van der Waals surface area contributed by atoms with Crippen LogP contribution in [-0.4, -0.2) is 81.4 Å². The molecule has 0 aromatic carbocycles. The Labute approximate surface area is 154 Å². The van der Waals surface area contributed by atoms with Gasteiger partial charge in [-0.05, 0) is 0 Å². The van der Waals surface area contributed by atoms with E-state index in [0.29, 0.717) is 0 Å². The number of aromatic nitrogens is 4. The van der Waals surface area contributed by atoms with Crippen molar-refractivity contribution in [2.45, 2.75) is 30.4 Å². The lowest BCUT2D eigenvalue weighted by Gasteiger charge is -2.19. The minimum Gasteiger partial charge on any atom is -0.479 e. The van der Waals surface area contributed by atoms with Gasteiger partial charge in [0.2, 0.25) is 0 Å². The van der Waals surface area contributed by atoms with E-state index >= 15 is 0 Å². The van der Waals surface area contributed by atoms with E-state index in [2.05, 4.69) is 19.7 Å². The van der Waals surface area contributed by atoms with Gasteiger partial charge in [0, 0.05) is 0 Å². The number of aliphatic hydroxyl groups is 2. The van der Waals surface area contributed by atoms with Crippen molar-refractivity contribution in [1.82, 2.24) is 19.5 Å². The van der Waals surface area contributed by atoms with Crippen LogP contribution in [0.3, 0.4) is 0 Å². The van der Waals surface area contributed by atoms with Crippen LogP contribution in [-0.2, 0) is 18.8 Å². The average molecular weight is 423 g/mol. The Kier molecular flexibility index (Phi) is 5.33. The Balaban J connectivity index is 1.81. The number of carboxylic acid groups (broad SMARTS) is 1. The van der Waals surface area contributed by atoms with E-state index < -0.39 is 56.6 Å². The number of nitrogens with two attached hydrogens (primary N) is 1. The maximum Gasteiger partial charge on any atom is 0.365 e. The summed E-state index contributed by atoms with van der Waals surface area (Å²) in [5, 5.41) is 29.1. The van der Waals surface area contributed by atoms with Crippen LogP contribution in [0, 0.1) is 6.08 Å². The van der Waals surface area contributed by atoms with Crippen molar-refractivity contribution < 1.29 is 48.3 Å². The van der Waals surface area contributed by atoms with Gasteiger partial charge in [0.05, 0.1) is 12.9 Å². The van der Waals surface area contributed by atoms with Gasteiger partial charge in [-0.3, -0.25) is 9.13 Å². The van der Waals surface area contributed by atoms with Crippen LogP contribution in [0.5, 0.6) is 0 Å². The summed E-state index contributed by atoms with van der Waals surface area (Å²) in [5.41, 5.74) is 5.41. The molecule has 0 aliphatic carbocycles. The number of carbonyl (C=O) groups is 1. The summed E-state index contributed by atoms with van der Waals surface area (Å²) in [6, 6.07) is 0. The Hall–Kier alpha value is -2.26. The first kappa shape index (κ1) is 20.5. The van der Waals surface area contributed by atoms with Crippen LogP contribution in [0.1, 0.15) is 6.23 Å². The number of aliphatic carboxylic acids is 1. The molecule has 154 valence electrons. The second-order valence-corrected chi connectivity index (χ2v) is 7.51. The number of carboxylic acids is 1. The van der Waals surface area contributed by atoms with Gasteiger partial charge in [-0.1, -0.05) is 0 Å². The highest BCUT2D eigenvalue weighted by molar-refractivity contribution is 7.53. The van der Waals surface area contributed by atoms with Gasteiger partial charge in [-0.25, -0.2) is 9.78 Å². The predicted octanol–water partition coefficient (Wildman–Crippen LogP) is -2.23. The number of nitrogens with zero attached hydrogens (tertiary/aromatic N) is 4. The summed E-state index contributed by atoms with van der Waals surface area (Å²) in [6.45, 7) is -0.769. The number of hydrogen-bond acceptors (Lipinski definition) is 10. The first-order valence-electron chi connectivity index (χ1n) is 7.57. The van der Waals surface area contributed by atoms with Crippen LogP contribution in [0.2, 0.25) is 0 Å². The molecule has 1 aliphatic heterocycles. The maximum absolute atomic E-state index is 13.4. The van der Waals surface area contributed by atoms with Gasteiger partial charge in [-0.2, -0.15) is 14.4 Å². The van der Waals surface area contributed by atoms with Crippen LogP contribution in [0.15, 0.2) is 6.33 Å². The monoisotopic (exact) mass is 423 g/mol. The molecule has 0 radical (unpaired) electrons. The zero-order chi connectivity index (χ0) is 20.8. The maximum atomic E-state index is 13.4. The normalized spacial score (nSPS) is 26.6. The third-order valence-corrected chi connectivity index (χ3v) is 4.95. The summed E-state index contributed by atoms with van der Waals surface area (Å²) in [6.07, 6.45) is -6.00. The predicted molar refractivity (Wildman–Crippen MR) is 85.0 cm³/mol. The van der Waals surface area contributed by atoms with Crippen molar-refractivity contribution in [3.05, 3.63) is 12.4 Å². The number of hydrogen-bond donors (Lipinski definition) is 6. The molecule has 1 saturated heterocycles. The molecule has 0 bridgehead atoms. The van der Waals surface area contributed by atoms with E-state index in [1.54, 1.807) is 0 Å². The Morgan fingerprint density at radius 3 is 2.68 bits per heavy atom. The number of rotatable bonds is 6. The number of imidazole rings is 1. The zero-order valence-electron chi connectivity index (χ0n) is 13.7. The molecule has 16 heteroatoms. The van der Waals surface area contributed by atoms with Crippen molar-refractivity contribution >= 4 is 30.5 Å². The molecule has 0 saturated carbocycles. The van der Waals surface area contributed by atoms with Gasteiger partial charge in [0.25, 0.3) is 5.85 Å². The highest BCUT2D eigenvalue weighted by Gasteiger charge is 2.46. The van der Waals surface area contributed by atoms with E-state index in [1.165, 1.54) is 0 Å². The molecule has 5 unspecified atom stereocenters. The number of ether oxygens (including phenoxy) is 2. The molecule has 7 N–H and O–H groups in total. The number of fused-ring (bicyclic) bond motifs is 1. The molecular formula is C12H15FN5O9P. The van der Waals surface area contributed by atoms with E-state index in [4.69, 9.17) is 25.4 Å². The minimum atomic E-state index is -5.14. The molecule has 3 rings (SSSR count). The molecule has 5 atom stereocenters. The van der Waals surface area contributed by atoms with Crippen molar-refractivity contribution in [3.8, 4) is 0 Å². The smallest absolute Gasteiger partial charge is 0.365 e. The number of nitrogen functional groups attached to an aromatic ring is 1. The fraction of sp³-hybridized carbons (Fsp3) is 0.500. The quantitative estimate of drug-likeness (QED) is 0.214. The Morgan fingerprint density at radius 1 is 1.39 bits per heavy atom. The number of anilines is 1. The van der Waals surface area contributed by atoms with E-state index in [-0.39, 0.29) is 17.0 Å². The second-order valence-electron chi connectivity index (χ2n) is 5.86. The van der Waals surface area contributed by atoms with Gasteiger partial charge >= 0.3 is 19.6 Å². The van der Waals surface area contributed by atoms with Crippen LogP contribution in [0.4, 0.5) is 10.2 Å².